The van der Waals surface area contributed by atoms with E-state index in [-0.39, 0.29) is 11.5 Å². The third-order valence-corrected chi connectivity index (χ3v) is 6.22. The van der Waals surface area contributed by atoms with Crippen molar-refractivity contribution in [2.45, 2.75) is 25.8 Å². The number of aromatic nitrogens is 4. The Bertz CT molecular complexity index is 1270. The van der Waals surface area contributed by atoms with E-state index in [0.717, 1.165) is 16.9 Å². The highest BCUT2D eigenvalue weighted by Gasteiger charge is 2.11. The van der Waals surface area contributed by atoms with E-state index in [4.69, 9.17) is 0 Å². The summed E-state index contributed by atoms with van der Waals surface area (Å²) in [6, 6.07) is 18.1. The molecule has 0 aliphatic heterocycles. The first-order valence-corrected chi connectivity index (χ1v) is 11.6. The quantitative estimate of drug-likeness (QED) is 0.427. The van der Waals surface area contributed by atoms with E-state index in [2.05, 4.69) is 27.5 Å². The molecular formula is C24H25N5O2S. The molecule has 8 heteroatoms. The Kier molecular flexibility index (Phi) is 7.01. The number of nitrogens with one attached hydrogen (secondary N) is 1. The lowest BCUT2D eigenvalue weighted by atomic mass is 10.1. The zero-order valence-electron chi connectivity index (χ0n) is 17.9. The van der Waals surface area contributed by atoms with Crippen LogP contribution in [-0.4, -0.2) is 37.5 Å². The molecule has 0 radical (unpaired) electrons. The maximum absolute atomic E-state index is 12.9. The lowest BCUT2D eigenvalue weighted by Crippen LogP contribution is -2.29. The fraction of sp³-hybridized carbons (Fsp3) is 0.250. The highest BCUT2D eigenvalue weighted by Crippen LogP contribution is 2.12. The molecule has 7 nitrogen and oxygen atoms in total. The topological polar surface area (TPSA) is 81.8 Å². The van der Waals surface area contributed by atoms with Gasteiger partial charge in [0.05, 0.1) is 25.0 Å². The van der Waals surface area contributed by atoms with Crippen molar-refractivity contribution in [3.8, 4) is 0 Å². The maximum atomic E-state index is 12.9. The first-order chi connectivity index (χ1) is 15.6. The molecule has 4 aromatic rings. The van der Waals surface area contributed by atoms with E-state index in [1.165, 1.54) is 5.56 Å². The Labute approximate surface area is 190 Å². The minimum absolute atomic E-state index is 0.0176. The standard InChI is InChI=1S/C24H25N5O2S/c1-18-7-5-6-10-20(18)14-28-17-26-23-21(24(28)31)13-27-29(23)12-11-25-22(30)16-32-15-19-8-3-2-4-9-19/h2-10,13,17H,11-12,14-16H2,1H3,(H,25,30). The second kappa shape index (κ2) is 10.3. The van der Waals surface area contributed by atoms with Crippen molar-refractivity contribution in [1.29, 1.82) is 0 Å². The van der Waals surface area contributed by atoms with Gasteiger partial charge in [0.25, 0.3) is 5.56 Å². The van der Waals surface area contributed by atoms with Gasteiger partial charge < -0.3 is 5.32 Å². The number of benzene rings is 2. The number of amides is 1. The van der Waals surface area contributed by atoms with Gasteiger partial charge in [-0.3, -0.25) is 14.2 Å². The molecule has 0 bridgehead atoms. The molecule has 1 amide bonds. The summed E-state index contributed by atoms with van der Waals surface area (Å²) in [7, 11) is 0. The van der Waals surface area contributed by atoms with Gasteiger partial charge in [0.1, 0.15) is 11.7 Å². The van der Waals surface area contributed by atoms with Crippen molar-refractivity contribution < 1.29 is 4.79 Å². The van der Waals surface area contributed by atoms with Crippen LogP contribution in [0.4, 0.5) is 0 Å². The molecule has 0 spiro atoms. The number of hydrogen-bond acceptors (Lipinski definition) is 5. The molecule has 0 aliphatic carbocycles. The van der Waals surface area contributed by atoms with Crippen LogP contribution in [0.15, 0.2) is 71.9 Å². The van der Waals surface area contributed by atoms with Gasteiger partial charge in [-0.15, -0.1) is 11.8 Å². The van der Waals surface area contributed by atoms with Crippen molar-refractivity contribution in [2.75, 3.05) is 12.3 Å². The molecule has 0 atom stereocenters. The van der Waals surface area contributed by atoms with E-state index in [0.29, 0.717) is 36.4 Å². The number of hydrogen-bond donors (Lipinski definition) is 1. The first kappa shape index (κ1) is 21.8. The van der Waals surface area contributed by atoms with Gasteiger partial charge in [0, 0.05) is 12.3 Å². The van der Waals surface area contributed by atoms with Crippen LogP contribution in [0.5, 0.6) is 0 Å². The Morgan fingerprint density at radius 2 is 1.88 bits per heavy atom. The lowest BCUT2D eigenvalue weighted by Gasteiger charge is -2.09. The monoisotopic (exact) mass is 447 g/mol. The van der Waals surface area contributed by atoms with E-state index in [1.807, 2.05) is 49.4 Å². The number of aryl methyl sites for hydroxylation is 1. The summed E-state index contributed by atoms with van der Waals surface area (Å²) in [6.07, 6.45) is 3.12. The maximum Gasteiger partial charge on any atom is 0.264 e. The smallest absolute Gasteiger partial charge is 0.264 e. The van der Waals surface area contributed by atoms with E-state index < -0.39 is 0 Å². The third-order valence-electron chi connectivity index (χ3n) is 5.21. The summed E-state index contributed by atoms with van der Waals surface area (Å²) < 4.78 is 3.26. The van der Waals surface area contributed by atoms with Crippen LogP contribution in [-0.2, 0) is 23.6 Å². The summed E-state index contributed by atoms with van der Waals surface area (Å²) in [4.78, 5) is 29.4. The Balaban J connectivity index is 1.32. The molecule has 1 N–H and O–H groups in total. The predicted molar refractivity (Wildman–Crippen MR) is 128 cm³/mol. The summed E-state index contributed by atoms with van der Waals surface area (Å²) >= 11 is 1.58. The fourth-order valence-electron chi connectivity index (χ4n) is 3.43. The van der Waals surface area contributed by atoms with Gasteiger partial charge in [0.15, 0.2) is 5.65 Å². The molecule has 2 heterocycles. The van der Waals surface area contributed by atoms with Gasteiger partial charge >= 0.3 is 0 Å². The van der Waals surface area contributed by atoms with Gasteiger partial charge in [-0.05, 0) is 23.6 Å². The van der Waals surface area contributed by atoms with Gasteiger partial charge in [-0.1, -0.05) is 54.6 Å². The highest BCUT2D eigenvalue weighted by molar-refractivity contribution is 7.99. The van der Waals surface area contributed by atoms with E-state index >= 15 is 0 Å². The molecule has 32 heavy (non-hydrogen) atoms. The molecular weight excluding hydrogens is 422 g/mol. The molecule has 2 aromatic carbocycles. The minimum atomic E-state index is -0.120. The molecule has 4 rings (SSSR count). The Morgan fingerprint density at radius 1 is 1.09 bits per heavy atom. The van der Waals surface area contributed by atoms with Gasteiger partial charge in [0.2, 0.25) is 5.91 Å². The molecule has 2 aromatic heterocycles. The summed E-state index contributed by atoms with van der Waals surface area (Å²) in [5.74, 6) is 1.18. The second-order valence-electron chi connectivity index (χ2n) is 7.54. The third kappa shape index (κ3) is 5.26. The van der Waals surface area contributed by atoms with Crippen LogP contribution in [0.3, 0.4) is 0 Å². The van der Waals surface area contributed by atoms with Crippen molar-refractivity contribution >= 4 is 28.7 Å². The molecule has 164 valence electrons. The van der Waals surface area contributed by atoms with Crippen LogP contribution in [0.1, 0.15) is 16.7 Å². The number of carbonyl (C=O) groups excluding carboxylic acids is 1. The number of carbonyl (C=O) groups is 1. The van der Waals surface area contributed by atoms with Crippen molar-refractivity contribution in [3.05, 3.63) is 94.2 Å². The van der Waals surface area contributed by atoms with Crippen LogP contribution in [0.25, 0.3) is 11.0 Å². The predicted octanol–water partition coefficient (Wildman–Crippen LogP) is 3.00. The van der Waals surface area contributed by atoms with Crippen molar-refractivity contribution in [2.24, 2.45) is 0 Å². The van der Waals surface area contributed by atoms with Crippen molar-refractivity contribution in [1.82, 2.24) is 24.6 Å². The molecule has 0 aliphatic rings. The Hall–Kier alpha value is -3.39. The molecule has 0 saturated heterocycles. The number of nitrogens with zero attached hydrogens (tertiary/aromatic N) is 4. The highest BCUT2D eigenvalue weighted by atomic mass is 32.2. The van der Waals surface area contributed by atoms with Gasteiger partial charge in [-0.2, -0.15) is 5.10 Å². The van der Waals surface area contributed by atoms with E-state index in [1.54, 1.807) is 33.5 Å². The normalized spacial score (nSPS) is 11.0. The number of thioether (sulfide) groups is 1. The summed E-state index contributed by atoms with van der Waals surface area (Å²) in [6.45, 7) is 3.37. The number of rotatable bonds is 9. The van der Waals surface area contributed by atoms with Gasteiger partial charge in [-0.25, -0.2) is 9.67 Å². The van der Waals surface area contributed by atoms with Crippen molar-refractivity contribution in [3.63, 3.8) is 0 Å². The zero-order valence-corrected chi connectivity index (χ0v) is 18.7. The largest absolute Gasteiger partial charge is 0.354 e. The SMILES string of the molecule is Cc1ccccc1Cn1cnc2c(cnn2CCNC(=O)CSCc2ccccc2)c1=O. The first-order valence-electron chi connectivity index (χ1n) is 10.5. The van der Waals surface area contributed by atoms with Crippen LogP contribution < -0.4 is 10.9 Å². The minimum Gasteiger partial charge on any atom is -0.354 e. The van der Waals surface area contributed by atoms with E-state index in [9.17, 15) is 9.59 Å². The fourth-order valence-corrected chi connectivity index (χ4v) is 4.25. The lowest BCUT2D eigenvalue weighted by molar-refractivity contribution is -0.118. The summed E-state index contributed by atoms with van der Waals surface area (Å²) in [5.41, 5.74) is 3.82. The molecule has 0 saturated carbocycles. The Morgan fingerprint density at radius 3 is 2.69 bits per heavy atom. The average molecular weight is 448 g/mol. The van der Waals surface area contributed by atoms with Crippen LogP contribution >= 0.6 is 11.8 Å². The second-order valence-corrected chi connectivity index (χ2v) is 8.52. The zero-order chi connectivity index (χ0) is 22.3. The number of fused-ring (bicyclic) bond motifs is 1. The molecule has 0 fully saturated rings. The van der Waals surface area contributed by atoms with Crippen LogP contribution in [0.2, 0.25) is 0 Å². The summed E-state index contributed by atoms with van der Waals surface area (Å²) in [5, 5.41) is 7.69. The van der Waals surface area contributed by atoms with Crippen LogP contribution in [0, 0.1) is 6.92 Å². The average Bonchev–Trinajstić information content (AvgIpc) is 3.21. The molecule has 0 unspecified atom stereocenters.